The van der Waals surface area contributed by atoms with Crippen molar-refractivity contribution in [3.05, 3.63) is 23.9 Å². The zero-order valence-electron chi connectivity index (χ0n) is 18.9. The standard InChI is InChI=1S/C22H31ClN4O5/c1-13(2)18-20(30)32-15(7-5-6-10-23)11-17(28)24-12-14-8-9-16(25-14)19(29)27-22(3,4)21(31)26-18/h5,7,9,13,15,18H,6,8,10-12H2,1-4H3,(H,24,28)(H,26,31)(H,27,29)/b7-5+/t15-,18+/m1/s1. The number of alkyl halides is 1. The molecule has 0 aromatic heterocycles. The normalized spacial score (nSPS) is 25.1. The van der Waals surface area contributed by atoms with Crippen LogP contribution < -0.4 is 16.0 Å². The minimum atomic E-state index is -1.30. The molecule has 2 rings (SSSR count). The Morgan fingerprint density at radius 3 is 2.66 bits per heavy atom. The maximum absolute atomic E-state index is 12.9. The molecule has 10 heteroatoms. The Balaban J connectivity index is 2.33. The highest BCUT2D eigenvalue weighted by Gasteiger charge is 2.36. The molecule has 9 nitrogen and oxygen atoms in total. The molecule has 0 saturated carbocycles. The number of hydrogen-bond acceptors (Lipinski definition) is 6. The Morgan fingerprint density at radius 1 is 1.28 bits per heavy atom. The lowest BCUT2D eigenvalue weighted by molar-refractivity contribution is -0.153. The van der Waals surface area contributed by atoms with Gasteiger partial charge in [0, 0.05) is 18.0 Å². The zero-order chi connectivity index (χ0) is 23.9. The second kappa shape index (κ2) is 11.3. The molecule has 2 heterocycles. The number of carbonyl (C=O) groups is 4. The molecule has 32 heavy (non-hydrogen) atoms. The third-order valence-corrected chi connectivity index (χ3v) is 5.23. The molecular formula is C22H31ClN4O5. The Kier molecular flexibility index (Phi) is 9.00. The minimum Gasteiger partial charge on any atom is -0.456 e. The first-order chi connectivity index (χ1) is 15.0. The maximum Gasteiger partial charge on any atom is 0.329 e. The van der Waals surface area contributed by atoms with Gasteiger partial charge in [-0.3, -0.25) is 19.4 Å². The van der Waals surface area contributed by atoms with E-state index in [9.17, 15) is 19.2 Å². The van der Waals surface area contributed by atoms with Crippen LogP contribution in [0.5, 0.6) is 0 Å². The summed E-state index contributed by atoms with van der Waals surface area (Å²) in [7, 11) is 0. The van der Waals surface area contributed by atoms with Gasteiger partial charge in [-0.15, -0.1) is 11.6 Å². The van der Waals surface area contributed by atoms with Crippen LogP contribution in [0.2, 0.25) is 0 Å². The number of halogens is 1. The van der Waals surface area contributed by atoms with E-state index in [2.05, 4.69) is 20.9 Å². The van der Waals surface area contributed by atoms with Crippen molar-refractivity contribution in [3.63, 3.8) is 0 Å². The SMILES string of the molecule is CC(C)[C@@H]1NC(=O)C(C)(C)NC(=O)C2=CCC(=N2)CNC(=O)C[C@@H](/C=C/CCCl)OC1=O. The van der Waals surface area contributed by atoms with Gasteiger partial charge in [0.2, 0.25) is 11.8 Å². The molecule has 0 aliphatic carbocycles. The van der Waals surface area contributed by atoms with Gasteiger partial charge in [0.25, 0.3) is 5.91 Å². The van der Waals surface area contributed by atoms with E-state index in [1.807, 2.05) is 0 Å². The van der Waals surface area contributed by atoms with Gasteiger partial charge in [-0.2, -0.15) is 0 Å². The molecule has 3 amide bonds. The van der Waals surface area contributed by atoms with Crippen LogP contribution in [0.15, 0.2) is 28.9 Å². The van der Waals surface area contributed by atoms with E-state index in [1.54, 1.807) is 45.9 Å². The van der Waals surface area contributed by atoms with Gasteiger partial charge in [-0.05, 0) is 38.3 Å². The maximum atomic E-state index is 12.9. The summed E-state index contributed by atoms with van der Waals surface area (Å²) in [6.07, 6.45) is 5.07. The lowest BCUT2D eigenvalue weighted by Gasteiger charge is -2.29. The first-order valence-electron chi connectivity index (χ1n) is 10.6. The molecule has 0 fully saturated rings. The van der Waals surface area contributed by atoms with Gasteiger partial charge >= 0.3 is 5.97 Å². The second-order valence-corrected chi connectivity index (χ2v) is 8.99. The van der Waals surface area contributed by atoms with E-state index in [4.69, 9.17) is 16.3 Å². The fourth-order valence-corrected chi connectivity index (χ4v) is 3.22. The van der Waals surface area contributed by atoms with E-state index >= 15 is 0 Å². The Bertz CT molecular complexity index is 847. The van der Waals surface area contributed by atoms with E-state index in [0.717, 1.165) is 0 Å². The Hall–Kier alpha value is -2.68. The summed E-state index contributed by atoms with van der Waals surface area (Å²) >= 11 is 5.70. The largest absolute Gasteiger partial charge is 0.456 e. The lowest BCUT2D eigenvalue weighted by atomic mass is 9.99. The van der Waals surface area contributed by atoms with E-state index < -0.39 is 35.5 Å². The van der Waals surface area contributed by atoms with Crippen molar-refractivity contribution >= 4 is 41.0 Å². The zero-order valence-corrected chi connectivity index (χ0v) is 19.6. The summed E-state index contributed by atoms with van der Waals surface area (Å²) in [6.45, 7) is 6.78. The van der Waals surface area contributed by atoms with E-state index in [0.29, 0.717) is 24.4 Å². The summed E-state index contributed by atoms with van der Waals surface area (Å²) in [4.78, 5) is 55.1. The molecule has 0 spiro atoms. The average molecular weight is 467 g/mol. The molecule has 2 aliphatic heterocycles. The highest BCUT2D eigenvalue weighted by Crippen LogP contribution is 2.15. The van der Waals surface area contributed by atoms with Crippen molar-refractivity contribution < 1.29 is 23.9 Å². The molecule has 2 aliphatic rings. The predicted molar refractivity (Wildman–Crippen MR) is 121 cm³/mol. The number of ether oxygens (including phenoxy) is 1. The topological polar surface area (TPSA) is 126 Å². The van der Waals surface area contributed by atoms with Gasteiger partial charge in [-0.25, -0.2) is 4.79 Å². The first-order valence-corrected chi connectivity index (χ1v) is 11.2. The lowest BCUT2D eigenvalue weighted by Crippen LogP contribution is -2.59. The van der Waals surface area contributed by atoms with Crippen LogP contribution >= 0.6 is 11.6 Å². The molecule has 176 valence electrons. The fraction of sp³-hybridized carbons (Fsp3) is 0.591. The molecule has 2 bridgehead atoms. The first kappa shape index (κ1) is 25.6. The summed E-state index contributed by atoms with van der Waals surface area (Å²) in [5, 5.41) is 8.07. The molecule has 0 aromatic rings. The van der Waals surface area contributed by atoms with Crippen molar-refractivity contribution in [3.8, 4) is 0 Å². The predicted octanol–water partition coefficient (Wildman–Crippen LogP) is 1.37. The highest BCUT2D eigenvalue weighted by atomic mass is 35.5. The molecular weight excluding hydrogens is 436 g/mol. The number of amides is 3. The van der Waals surface area contributed by atoms with Crippen molar-refractivity contribution in [2.24, 2.45) is 10.9 Å². The van der Waals surface area contributed by atoms with Gasteiger partial charge in [-0.1, -0.05) is 19.9 Å². The molecule has 0 radical (unpaired) electrons. The molecule has 0 aromatic carbocycles. The number of nitrogens with zero attached hydrogens (tertiary/aromatic N) is 1. The Labute approximate surface area is 193 Å². The van der Waals surface area contributed by atoms with Crippen molar-refractivity contribution in [1.82, 2.24) is 16.0 Å². The fourth-order valence-electron chi connectivity index (χ4n) is 3.09. The van der Waals surface area contributed by atoms with Crippen LogP contribution in [-0.2, 0) is 23.9 Å². The summed E-state index contributed by atoms with van der Waals surface area (Å²) in [5.74, 6) is -1.94. The summed E-state index contributed by atoms with van der Waals surface area (Å²) in [6, 6.07) is -0.964. The number of rotatable bonds is 4. The van der Waals surface area contributed by atoms with Gasteiger partial charge < -0.3 is 20.7 Å². The molecule has 0 saturated heterocycles. The average Bonchev–Trinajstić information content (AvgIpc) is 3.18. The molecule has 3 N–H and O–H groups in total. The third-order valence-electron chi connectivity index (χ3n) is 5.01. The van der Waals surface area contributed by atoms with Crippen LogP contribution in [-0.4, -0.2) is 59.5 Å². The second-order valence-electron chi connectivity index (χ2n) is 8.61. The van der Waals surface area contributed by atoms with Crippen LogP contribution in [0.4, 0.5) is 0 Å². The quantitative estimate of drug-likeness (QED) is 0.327. The van der Waals surface area contributed by atoms with Crippen LogP contribution in [0.25, 0.3) is 0 Å². The van der Waals surface area contributed by atoms with E-state index in [-0.39, 0.29) is 30.5 Å². The summed E-state index contributed by atoms with van der Waals surface area (Å²) in [5.41, 5.74) is -0.498. The number of fused-ring (bicyclic) bond motifs is 1. The molecule has 2 atom stereocenters. The van der Waals surface area contributed by atoms with Crippen molar-refractivity contribution in [2.45, 2.75) is 64.6 Å². The highest BCUT2D eigenvalue weighted by molar-refractivity contribution is 6.17. The van der Waals surface area contributed by atoms with Crippen LogP contribution in [0.1, 0.15) is 47.0 Å². The number of aliphatic imine (C=N–C) groups is 1. The summed E-state index contributed by atoms with van der Waals surface area (Å²) < 4.78 is 5.57. The smallest absolute Gasteiger partial charge is 0.329 e. The van der Waals surface area contributed by atoms with Crippen molar-refractivity contribution in [2.75, 3.05) is 12.4 Å². The number of nitrogens with one attached hydrogen (secondary N) is 3. The number of esters is 1. The van der Waals surface area contributed by atoms with E-state index in [1.165, 1.54) is 0 Å². The molecule has 0 unspecified atom stereocenters. The van der Waals surface area contributed by atoms with Crippen molar-refractivity contribution in [1.29, 1.82) is 0 Å². The van der Waals surface area contributed by atoms with Crippen LogP contribution in [0, 0.1) is 5.92 Å². The number of allylic oxidation sites excluding steroid dienone is 2. The van der Waals surface area contributed by atoms with Gasteiger partial charge in [0.1, 0.15) is 23.4 Å². The monoisotopic (exact) mass is 466 g/mol. The van der Waals surface area contributed by atoms with Gasteiger partial charge in [0.05, 0.1) is 13.0 Å². The number of carbonyl (C=O) groups excluding carboxylic acids is 4. The van der Waals surface area contributed by atoms with Crippen LogP contribution in [0.3, 0.4) is 0 Å². The Morgan fingerprint density at radius 2 is 2.00 bits per heavy atom. The minimum absolute atomic E-state index is 0.0944. The number of cyclic esters (lactones) is 1. The third kappa shape index (κ3) is 7.19. The van der Waals surface area contributed by atoms with Gasteiger partial charge in [0.15, 0.2) is 0 Å². The number of hydrogen-bond donors (Lipinski definition) is 3.